The lowest BCUT2D eigenvalue weighted by Gasteiger charge is -2.17. The number of hydrogen-bond donors (Lipinski definition) is 1. The fourth-order valence-corrected chi connectivity index (χ4v) is 2.96. The van der Waals surface area contributed by atoms with Crippen molar-refractivity contribution in [3.05, 3.63) is 89.9 Å². The van der Waals surface area contributed by atoms with Crippen LogP contribution in [-0.2, 0) is 4.74 Å². The van der Waals surface area contributed by atoms with E-state index in [1.54, 1.807) is 12.1 Å². The Hall–Kier alpha value is -3.21. The summed E-state index contributed by atoms with van der Waals surface area (Å²) in [5.41, 5.74) is 3.12. The van der Waals surface area contributed by atoms with Crippen LogP contribution in [0.3, 0.4) is 0 Å². The van der Waals surface area contributed by atoms with Crippen molar-refractivity contribution in [1.29, 1.82) is 0 Å². The fourth-order valence-electron chi connectivity index (χ4n) is 2.96. The number of rotatable bonds is 3. The van der Waals surface area contributed by atoms with E-state index < -0.39 is 12.2 Å². The first-order valence-electron chi connectivity index (χ1n) is 7.96. The summed E-state index contributed by atoms with van der Waals surface area (Å²) in [6.45, 7) is 0. The van der Waals surface area contributed by atoms with Crippen molar-refractivity contribution in [3.63, 3.8) is 0 Å². The minimum atomic E-state index is -0.465. The summed E-state index contributed by atoms with van der Waals surface area (Å²) in [5.74, 6) is -0.291. The van der Waals surface area contributed by atoms with Crippen molar-refractivity contribution in [3.8, 4) is 11.3 Å². The van der Waals surface area contributed by atoms with Gasteiger partial charge in [0, 0.05) is 5.56 Å². The average Bonchev–Trinajstić information content (AvgIpc) is 3.05. The normalized spacial score (nSPS) is 19.3. The molecular weight excluding hydrogens is 319 g/mol. The first-order valence-corrected chi connectivity index (χ1v) is 7.96. The third-order valence-corrected chi connectivity index (χ3v) is 4.17. The van der Waals surface area contributed by atoms with Crippen LogP contribution in [0.1, 0.15) is 23.4 Å². The predicted octanol–water partition coefficient (Wildman–Crippen LogP) is 4.41. The highest BCUT2D eigenvalue weighted by molar-refractivity contribution is 5.71. The lowest BCUT2D eigenvalue weighted by molar-refractivity contribution is 0.132. The van der Waals surface area contributed by atoms with Crippen molar-refractivity contribution in [2.24, 2.45) is 0 Å². The van der Waals surface area contributed by atoms with Crippen LogP contribution < -0.4 is 5.32 Å². The summed E-state index contributed by atoms with van der Waals surface area (Å²) >= 11 is 0. The van der Waals surface area contributed by atoms with Crippen LogP contribution in [0.25, 0.3) is 11.3 Å². The molecule has 1 aliphatic heterocycles. The Balaban J connectivity index is 1.70. The fraction of sp³-hybridized carbons (Fsp3) is 0.100. The summed E-state index contributed by atoms with van der Waals surface area (Å²) < 4.78 is 18.6. The molecule has 1 amide bonds. The summed E-state index contributed by atoms with van der Waals surface area (Å²) in [7, 11) is 0. The zero-order chi connectivity index (χ0) is 17.2. The lowest BCUT2D eigenvalue weighted by Crippen LogP contribution is -2.20. The first kappa shape index (κ1) is 15.3. The van der Waals surface area contributed by atoms with Gasteiger partial charge < -0.3 is 10.1 Å². The second-order valence-electron chi connectivity index (χ2n) is 5.81. The van der Waals surface area contributed by atoms with Crippen molar-refractivity contribution in [2.45, 2.75) is 12.1 Å². The van der Waals surface area contributed by atoms with Gasteiger partial charge in [0.2, 0.25) is 0 Å². The Kier molecular flexibility index (Phi) is 3.90. The highest BCUT2D eigenvalue weighted by atomic mass is 19.1. The van der Waals surface area contributed by atoms with Crippen LogP contribution in [-0.4, -0.2) is 11.1 Å². The van der Waals surface area contributed by atoms with E-state index in [9.17, 15) is 9.18 Å². The third-order valence-electron chi connectivity index (χ3n) is 4.17. The number of pyridine rings is 1. The predicted molar refractivity (Wildman–Crippen MR) is 91.2 cm³/mol. The van der Waals surface area contributed by atoms with Crippen LogP contribution in [0, 0.1) is 5.82 Å². The van der Waals surface area contributed by atoms with Gasteiger partial charge in [0.15, 0.2) is 6.10 Å². The molecule has 1 aliphatic rings. The van der Waals surface area contributed by atoms with Gasteiger partial charge in [0.1, 0.15) is 11.9 Å². The molecule has 4 rings (SSSR count). The monoisotopic (exact) mass is 334 g/mol. The van der Waals surface area contributed by atoms with E-state index in [1.807, 2.05) is 48.5 Å². The van der Waals surface area contributed by atoms with E-state index in [4.69, 9.17) is 4.74 Å². The molecule has 0 bridgehead atoms. The Morgan fingerprint density at radius 2 is 1.68 bits per heavy atom. The Morgan fingerprint density at radius 3 is 2.44 bits per heavy atom. The highest BCUT2D eigenvalue weighted by Gasteiger charge is 2.37. The van der Waals surface area contributed by atoms with Crippen LogP contribution >= 0.6 is 0 Å². The van der Waals surface area contributed by atoms with Gasteiger partial charge >= 0.3 is 6.09 Å². The third kappa shape index (κ3) is 3.08. The molecule has 1 saturated heterocycles. The zero-order valence-electron chi connectivity index (χ0n) is 13.2. The molecule has 0 aliphatic carbocycles. The van der Waals surface area contributed by atoms with Gasteiger partial charge in [0.05, 0.1) is 11.4 Å². The van der Waals surface area contributed by atoms with E-state index in [1.165, 1.54) is 12.1 Å². The van der Waals surface area contributed by atoms with Gasteiger partial charge in [-0.1, -0.05) is 36.4 Å². The van der Waals surface area contributed by atoms with Crippen molar-refractivity contribution < 1.29 is 13.9 Å². The zero-order valence-corrected chi connectivity index (χ0v) is 13.2. The molecule has 2 heterocycles. The number of carbonyl (C=O) groups excluding carboxylic acids is 1. The number of halogens is 1. The van der Waals surface area contributed by atoms with E-state index in [-0.39, 0.29) is 11.9 Å². The maximum absolute atomic E-state index is 13.1. The second-order valence-corrected chi connectivity index (χ2v) is 5.81. The molecule has 0 radical (unpaired) electrons. The maximum atomic E-state index is 13.1. The number of hydrogen-bond acceptors (Lipinski definition) is 3. The number of alkyl carbamates (subject to hydrolysis) is 1. The number of ether oxygens (including phenoxy) is 1. The first-order chi connectivity index (χ1) is 12.2. The minimum absolute atomic E-state index is 0.291. The molecular formula is C20H15FN2O2. The molecule has 1 aromatic heterocycles. The Morgan fingerprint density at radius 1 is 0.920 bits per heavy atom. The minimum Gasteiger partial charge on any atom is -0.439 e. The smallest absolute Gasteiger partial charge is 0.408 e. The number of nitrogens with one attached hydrogen (secondary N) is 1. The summed E-state index contributed by atoms with van der Waals surface area (Å²) in [4.78, 5) is 16.4. The molecule has 5 heteroatoms. The van der Waals surface area contributed by atoms with E-state index in [2.05, 4.69) is 10.3 Å². The molecule has 0 unspecified atom stereocenters. The molecule has 4 nitrogen and oxygen atoms in total. The number of cyclic esters (lactones) is 1. The molecule has 1 fully saturated rings. The summed E-state index contributed by atoms with van der Waals surface area (Å²) in [5, 5.41) is 2.82. The second kappa shape index (κ2) is 6.36. The molecule has 3 aromatic rings. The number of amides is 1. The van der Waals surface area contributed by atoms with Crippen molar-refractivity contribution in [1.82, 2.24) is 10.3 Å². The van der Waals surface area contributed by atoms with Crippen LogP contribution in [0.4, 0.5) is 9.18 Å². The molecule has 2 atom stereocenters. The quantitative estimate of drug-likeness (QED) is 0.772. The molecule has 1 N–H and O–H groups in total. The van der Waals surface area contributed by atoms with Crippen LogP contribution in [0.2, 0.25) is 0 Å². The Labute approximate surface area is 144 Å². The van der Waals surface area contributed by atoms with E-state index >= 15 is 0 Å². The highest BCUT2D eigenvalue weighted by Crippen LogP contribution is 2.36. The van der Waals surface area contributed by atoms with Crippen molar-refractivity contribution >= 4 is 6.09 Å². The number of nitrogens with zero attached hydrogens (tertiary/aromatic N) is 1. The van der Waals surface area contributed by atoms with E-state index in [0.29, 0.717) is 11.4 Å². The number of benzene rings is 2. The molecule has 25 heavy (non-hydrogen) atoms. The number of aromatic nitrogens is 1. The van der Waals surface area contributed by atoms with Crippen LogP contribution in [0.15, 0.2) is 72.8 Å². The topological polar surface area (TPSA) is 51.2 Å². The van der Waals surface area contributed by atoms with Gasteiger partial charge in [-0.05, 0) is 42.0 Å². The van der Waals surface area contributed by atoms with Gasteiger partial charge in [-0.15, -0.1) is 0 Å². The maximum Gasteiger partial charge on any atom is 0.408 e. The molecule has 0 saturated carbocycles. The van der Waals surface area contributed by atoms with Gasteiger partial charge in [-0.2, -0.15) is 0 Å². The van der Waals surface area contributed by atoms with E-state index in [0.717, 1.165) is 11.1 Å². The largest absolute Gasteiger partial charge is 0.439 e. The number of carbonyl (C=O) groups is 1. The summed E-state index contributed by atoms with van der Waals surface area (Å²) in [6.07, 6.45) is -0.905. The van der Waals surface area contributed by atoms with Crippen LogP contribution in [0.5, 0.6) is 0 Å². The standard InChI is InChI=1S/C20H15FN2O2/c21-15-11-9-13(10-12-15)16-7-4-8-17(22-16)18-19(25-20(24)23-18)14-5-2-1-3-6-14/h1-12,18-19H,(H,23,24)/t18-,19-/m0/s1. The van der Waals surface area contributed by atoms with Gasteiger partial charge in [-0.3, -0.25) is 4.98 Å². The molecule has 0 spiro atoms. The van der Waals surface area contributed by atoms with Gasteiger partial charge in [-0.25, -0.2) is 9.18 Å². The average molecular weight is 334 g/mol. The van der Waals surface area contributed by atoms with Gasteiger partial charge in [0.25, 0.3) is 0 Å². The lowest BCUT2D eigenvalue weighted by atomic mass is 9.99. The Bertz CT molecular complexity index is 897. The molecule has 124 valence electrons. The summed E-state index contributed by atoms with van der Waals surface area (Å²) in [6, 6.07) is 20.9. The SMILES string of the molecule is O=C1N[C@@H](c2cccc(-c3ccc(F)cc3)n2)[C@H](c2ccccc2)O1. The van der Waals surface area contributed by atoms with Crippen molar-refractivity contribution in [2.75, 3.05) is 0 Å². The molecule has 2 aromatic carbocycles.